The second-order valence-corrected chi connectivity index (χ2v) is 10.2. The van der Waals surface area contributed by atoms with Gasteiger partial charge in [-0.05, 0) is 61.4 Å². The highest BCUT2D eigenvalue weighted by molar-refractivity contribution is 6.01. The first-order valence-corrected chi connectivity index (χ1v) is 13.2. The molecule has 1 atom stereocenters. The number of carbonyl (C=O) groups is 1. The topological polar surface area (TPSA) is 110 Å². The number of nitrogen functional groups attached to an aromatic ring is 1. The summed E-state index contributed by atoms with van der Waals surface area (Å²) in [5, 5.41) is 10.3. The number of amides is 1. The standard InChI is InChI=1S/C30H26F2N6O2/c31-24-4-1-5-25(27(24)32)40-22-10-8-19(9-11-22)23-16-37(29-26(23)28(34)35-17-36-29)15-21-3-2-12-38(21)30(39)20(14-33)13-18-6-7-18/h1,4-5,8-11,13,16-18,21H,2-3,6-7,12,15H2,(H2,34,35,36)/t21-/m1/s1. The van der Waals surface area contributed by atoms with Crippen molar-refractivity contribution in [3.05, 3.63) is 78.3 Å². The Hall–Kier alpha value is -4.78. The van der Waals surface area contributed by atoms with E-state index in [1.807, 2.05) is 16.8 Å². The average Bonchev–Trinajstić information content (AvgIpc) is 3.54. The Morgan fingerprint density at radius 1 is 1.15 bits per heavy atom. The van der Waals surface area contributed by atoms with Gasteiger partial charge >= 0.3 is 0 Å². The normalized spacial score (nSPS) is 17.3. The monoisotopic (exact) mass is 540 g/mol. The number of benzene rings is 2. The molecule has 1 saturated carbocycles. The summed E-state index contributed by atoms with van der Waals surface area (Å²) >= 11 is 0. The van der Waals surface area contributed by atoms with Gasteiger partial charge < -0.3 is 19.9 Å². The molecule has 3 heterocycles. The largest absolute Gasteiger partial charge is 0.454 e. The molecule has 4 aromatic rings. The number of anilines is 1. The number of fused-ring (bicyclic) bond motifs is 1. The maximum absolute atomic E-state index is 14.0. The number of hydrogen-bond donors (Lipinski definition) is 1. The summed E-state index contributed by atoms with van der Waals surface area (Å²) in [5.74, 6) is -1.46. The van der Waals surface area contributed by atoms with Crippen LogP contribution < -0.4 is 10.5 Å². The second kappa shape index (κ2) is 10.4. The van der Waals surface area contributed by atoms with Gasteiger partial charge in [-0.1, -0.05) is 24.3 Å². The number of nitrogens with two attached hydrogens (primary N) is 1. The Labute approximate surface area is 229 Å². The first kappa shape index (κ1) is 25.5. The molecule has 2 aromatic carbocycles. The van der Waals surface area contributed by atoms with Crippen LogP contribution in [0.4, 0.5) is 14.6 Å². The summed E-state index contributed by atoms with van der Waals surface area (Å²) < 4.78 is 35.1. The predicted octanol–water partition coefficient (Wildman–Crippen LogP) is 5.60. The lowest BCUT2D eigenvalue weighted by Gasteiger charge is -2.25. The number of ether oxygens (including phenoxy) is 1. The molecular formula is C30H26F2N6O2. The van der Waals surface area contributed by atoms with E-state index in [2.05, 4.69) is 16.0 Å². The maximum Gasteiger partial charge on any atom is 0.264 e. The number of likely N-dealkylation sites (tertiary alicyclic amines) is 1. The Morgan fingerprint density at radius 3 is 2.70 bits per heavy atom. The minimum atomic E-state index is -1.05. The lowest BCUT2D eigenvalue weighted by Crippen LogP contribution is -2.38. The van der Waals surface area contributed by atoms with E-state index in [1.54, 1.807) is 29.2 Å². The second-order valence-electron chi connectivity index (χ2n) is 10.2. The van der Waals surface area contributed by atoms with Crippen molar-refractivity contribution in [2.24, 2.45) is 5.92 Å². The molecule has 0 unspecified atom stereocenters. The van der Waals surface area contributed by atoms with Gasteiger partial charge in [0.1, 0.15) is 35.2 Å². The fourth-order valence-corrected chi connectivity index (χ4v) is 5.23. The molecular weight excluding hydrogens is 514 g/mol. The molecule has 40 heavy (non-hydrogen) atoms. The number of rotatable bonds is 7. The van der Waals surface area contributed by atoms with Gasteiger partial charge in [-0.25, -0.2) is 14.4 Å². The SMILES string of the molecule is N#CC(=CC1CC1)C(=O)N1CCC[C@@H]1Cn1cc(-c2ccc(Oc3cccc(F)c3F)cc2)c2c(N)ncnc21. The third kappa shape index (κ3) is 4.86. The van der Waals surface area contributed by atoms with E-state index in [-0.39, 0.29) is 23.3 Å². The molecule has 1 aliphatic heterocycles. The number of hydrogen-bond acceptors (Lipinski definition) is 6. The van der Waals surface area contributed by atoms with E-state index in [1.165, 1.54) is 18.5 Å². The molecule has 6 rings (SSSR count). The Balaban J connectivity index is 1.28. The number of allylic oxidation sites excluding steroid dienone is 1. The van der Waals surface area contributed by atoms with Crippen LogP contribution in [-0.2, 0) is 11.3 Å². The van der Waals surface area contributed by atoms with Gasteiger partial charge in [0.2, 0.25) is 5.82 Å². The van der Waals surface area contributed by atoms with Crippen molar-refractivity contribution in [1.29, 1.82) is 5.26 Å². The van der Waals surface area contributed by atoms with Gasteiger partial charge in [-0.15, -0.1) is 0 Å². The molecule has 0 spiro atoms. The highest BCUT2D eigenvalue weighted by Crippen LogP contribution is 2.36. The Bertz CT molecular complexity index is 1670. The average molecular weight is 541 g/mol. The summed E-state index contributed by atoms with van der Waals surface area (Å²) in [5.41, 5.74) is 8.74. The van der Waals surface area contributed by atoms with Crippen LogP contribution in [0.25, 0.3) is 22.2 Å². The quantitative estimate of drug-likeness (QED) is 0.241. The first-order valence-electron chi connectivity index (χ1n) is 13.2. The van der Waals surface area contributed by atoms with Crippen LogP contribution in [0.1, 0.15) is 25.7 Å². The molecule has 2 aliphatic rings. The predicted molar refractivity (Wildman–Crippen MR) is 145 cm³/mol. The molecule has 1 saturated heterocycles. The fourth-order valence-electron chi connectivity index (χ4n) is 5.23. The Morgan fingerprint density at radius 2 is 1.95 bits per heavy atom. The van der Waals surface area contributed by atoms with Crippen LogP contribution in [0.15, 0.2) is 66.6 Å². The summed E-state index contributed by atoms with van der Waals surface area (Å²) in [6, 6.07) is 12.7. The van der Waals surface area contributed by atoms with Crippen molar-refractivity contribution in [1.82, 2.24) is 19.4 Å². The highest BCUT2D eigenvalue weighted by atomic mass is 19.2. The zero-order chi connectivity index (χ0) is 27.8. The third-order valence-electron chi connectivity index (χ3n) is 7.41. The van der Waals surface area contributed by atoms with Crippen LogP contribution >= 0.6 is 0 Å². The van der Waals surface area contributed by atoms with Crippen molar-refractivity contribution in [2.75, 3.05) is 12.3 Å². The van der Waals surface area contributed by atoms with Gasteiger partial charge in [0.05, 0.1) is 11.4 Å². The lowest BCUT2D eigenvalue weighted by molar-refractivity contribution is -0.127. The smallest absolute Gasteiger partial charge is 0.264 e. The molecule has 202 valence electrons. The first-order chi connectivity index (χ1) is 19.4. The van der Waals surface area contributed by atoms with E-state index in [0.29, 0.717) is 41.6 Å². The van der Waals surface area contributed by atoms with Crippen molar-refractivity contribution in [3.63, 3.8) is 0 Å². The van der Waals surface area contributed by atoms with E-state index in [4.69, 9.17) is 10.5 Å². The van der Waals surface area contributed by atoms with Crippen LogP contribution in [-0.4, -0.2) is 37.9 Å². The van der Waals surface area contributed by atoms with Gasteiger partial charge in [0, 0.05) is 24.8 Å². The van der Waals surface area contributed by atoms with Crippen LogP contribution in [0.5, 0.6) is 11.5 Å². The molecule has 0 radical (unpaired) electrons. The molecule has 10 heteroatoms. The van der Waals surface area contributed by atoms with Gasteiger partial charge in [0.25, 0.3) is 5.91 Å². The van der Waals surface area contributed by atoms with Gasteiger partial charge in [-0.3, -0.25) is 4.79 Å². The highest BCUT2D eigenvalue weighted by Gasteiger charge is 2.33. The van der Waals surface area contributed by atoms with Crippen molar-refractivity contribution in [3.8, 4) is 28.7 Å². The summed E-state index contributed by atoms with van der Waals surface area (Å²) in [7, 11) is 0. The molecule has 2 aromatic heterocycles. The van der Waals surface area contributed by atoms with Gasteiger partial charge in [-0.2, -0.15) is 9.65 Å². The molecule has 8 nitrogen and oxygen atoms in total. The number of halogens is 2. The summed E-state index contributed by atoms with van der Waals surface area (Å²) in [6.45, 7) is 1.09. The Kier molecular flexibility index (Phi) is 6.64. The lowest BCUT2D eigenvalue weighted by atomic mass is 10.1. The van der Waals surface area contributed by atoms with E-state index in [0.717, 1.165) is 42.9 Å². The third-order valence-corrected chi connectivity index (χ3v) is 7.41. The van der Waals surface area contributed by atoms with Gasteiger partial charge in [0.15, 0.2) is 11.6 Å². The van der Waals surface area contributed by atoms with E-state index >= 15 is 0 Å². The minimum Gasteiger partial charge on any atom is -0.454 e. The molecule has 2 fully saturated rings. The van der Waals surface area contributed by atoms with E-state index in [9.17, 15) is 18.8 Å². The van der Waals surface area contributed by atoms with Crippen molar-refractivity contribution < 1.29 is 18.3 Å². The van der Waals surface area contributed by atoms with E-state index < -0.39 is 11.6 Å². The molecule has 2 N–H and O–H groups in total. The van der Waals surface area contributed by atoms with Crippen LogP contribution in [0.2, 0.25) is 0 Å². The number of nitrogens with zero attached hydrogens (tertiary/aromatic N) is 5. The van der Waals surface area contributed by atoms with Crippen LogP contribution in [0, 0.1) is 28.9 Å². The molecule has 1 amide bonds. The van der Waals surface area contributed by atoms with Crippen molar-refractivity contribution >= 4 is 22.8 Å². The summed E-state index contributed by atoms with van der Waals surface area (Å²) in [6.07, 6.45) is 8.87. The number of nitriles is 1. The van der Waals surface area contributed by atoms with Crippen molar-refractivity contribution in [2.45, 2.75) is 38.3 Å². The zero-order valence-electron chi connectivity index (χ0n) is 21.6. The van der Waals surface area contributed by atoms with Crippen LogP contribution in [0.3, 0.4) is 0 Å². The molecule has 1 aliphatic carbocycles. The fraction of sp³-hybridized carbons (Fsp3) is 0.267. The number of carbonyl (C=O) groups excluding carboxylic acids is 1. The maximum atomic E-state index is 14.0. The minimum absolute atomic E-state index is 0.0972. The number of aromatic nitrogens is 3. The summed E-state index contributed by atoms with van der Waals surface area (Å²) in [4.78, 5) is 23.7. The zero-order valence-corrected chi connectivity index (χ0v) is 21.6. The molecule has 0 bridgehead atoms.